The first-order chi connectivity index (χ1) is 14.8. The lowest BCUT2D eigenvalue weighted by atomic mass is 9.87. The number of aliphatic carboxylic acids is 1. The molecule has 1 rings (SSSR count). The van der Waals surface area contributed by atoms with E-state index in [0.717, 1.165) is 64.2 Å². The summed E-state index contributed by atoms with van der Waals surface area (Å²) < 4.78 is 5.65. The zero-order chi connectivity index (χ0) is 23.1. The van der Waals surface area contributed by atoms with Crippen LogP contribution < -0.4 is 0 Å². The molecule has 1 saturated carbocycles. The fourth-order valence-electron chi connectivity index (χ4n) is 4.40. The molecular weight excluding hydrogens is 392 g/mol. The quantitative estimate of drug-likeness (QED) is 0.206. The molecule has 1 fully saturated rings. The Hall–Kier alpha value is -1.17. The minimum absolute atomic E-state index is 0.0802. The maximum atomic E-state index is 11.1. The van der Waals surface area contributed by atoms with Crippen molar-refractivity contribution in [3.05, 3.63) is 24.3 Å². The lowest BCUT2D eigenvalue weighted by Crippen LogP contribution is -2.23. The summed E-state index contributed by atoms with van der Waals surface area (Å²) >= 11 is 0. The van der Waals surface area contributed by atoms with Gasteiger partial charge in [0, 0.05) is 26.1 Å². The van der Waals surface area contributed by atoms with Gasteiger partial charge in [0.1, 0.15) is 0 Å². The van der Waals surface area contributed by atoms with Crippen molar-refractivity contribution in [2.24, 2.45) is 17.3 Å². The van der Waals surface area contributed by atoms with Crippen LogP contribution in [0.1, 0.15) is 90.9 Å². The highest BCUT2D eigenvalue weighted by Crippen LogP contribution is 2.38. The van der Waals surface area contributed by atoms with E-state index < -0.39 is 11.4 Å². The van der Waals surface area contributed by atoms with E-state index in [1.165, 1.54) is 0 Å². The lowest BCUT2D eigenvalue weighted by molar-refractivity contribution is -0.147. The molecule has 0 saturated heterocycles. The molecule has 0 radical (unpaired) electrons. The monoisotopic (exact) mass is 438 g/mol. The molecule has 4 atom stereocenters. The van der Waals surface area contributed by atoms with E-state index >= 15 is 0 Å². The minimum atomic E-state index is -0.720. The van der Waals surface area contributed by atoms with Crippen molar-refractivity contribution in [3.8, 4) is 0 Å². The third kappa shape index (κ3) is 10.8. The van der Waals surface area contributed by atoms with Gasteiger partial charge in [-0.25, -0.2) is 0 Å². The van der Waals surface area contributed by atoms with Crippen LogP contribution in [0.25, 0.3) is 0 Å². The first kappa shape index (κ1) is 27.9. The molecule has 31 heavy (non-hydrogen) atoms. The molecule has 180 valence electrons. The van der Waals surface area contributed by atoms with E-state index in [4.69, 9.17) is 14.9 Å². The number of aliphatic hydroxyl groups excluding tert-OH is 2. The Kier molecular flexibility index (Phi) is 14.0. The molecule has 5 nitrogen and oxygen atoms in total. The number of carboxylic acids is 1. The van der Waals surface area contributed by atoms with E-state index in [9.17, 15) is 9.90 Å². The third-order valence-corrected chi connectivity index (χ3v) is 6.66. The molecule has 5 heteroatoms. The Morgan fingerprint density at radius 1 is 1.00 bits per heavy atom. The second kappa shape index (κ2) is 15.6. The number of allylic oxidation sites excluding steroid dienone is 3. The topological polar surface area (TPSA) is 87.0 Å². The number of hydrogen-bond donors (Lipinski definition) is 3. The van der Waals surface area contributed by atoms with Crippen molar-refractivity contribution < 1.29 is 24.9 Å². The van der Waals surface area contributed by atoms with Gasteiger partial charge in [0.25, 0.3) is 0 Å². The molecule has 1 unspecified atom stereocenters. The van der Waals surface area contributed by atoms with E-state index in [2.05, 4.69) is 24.3 Å². The van der Waals surface area contributed by atoms with Crippen LogP contribution in [0.5, 0.6) is 0 Å². The zero-order valence-corrected chi connectivity index (χ0v) is 20.0. The number of ether oxygens (including phenoxy) is 1. The van der Waals surface area contributed by atoms with Crippen LogP contribution in [-0.2, 0) is 9.53 Å². The van der Waals surface area contributed by atoms with Gasteiger partial charge in [-0.1, -0.05) is 50.0 Å². The van der Waals surface area contributed by atoms with Crippen LogP contribution in [0.2, 0.25) is 0 Å². The molecule has 0 aromatic rings. The largest absolute Gasteiger partial charge is 0.481 e. The van der Waals surface area contributed by atoms with Gasteiger partial charge < -0.3 is 20.1 Å². The molecule has 0 aliphatic heterocycles. The molecule has 0 amide bonds. The van der Waals surface area contributed by atoms with Gasteiger partial charge in [0.15, 0.2) is 0 Å². The SMILES string of the molecule is CO[C@H]1C[C@@H](O)C(C/C=C\CCCCCC(C)(C)C(=O)O)[C@@H]1/C=C/CCCCCCO. The number of hydrogen-bond acceptors (Lipinski definition) is 4. The molecule has 0 aromatic carbocycles. The smallest absolute Gasteiger partial charge is 0.309 e. The average molecular weight is 439 g/mol. The summed E-state index contributed by atoms with van der Waals surface area (Å²) in [5.74, 6) is -0.272. The highest BCUT2D eigenvalue weighted by molar-refractivity contribution is 5.73. The summed E-state index contributed by atoms with van der Waals surface area (Å²) in [4.78, 5) is 11.1. The molecule has 1 aliphatic rings. The molecule has 3 N–H and O–H groups in total. The van der Waals surface area contributed by atoms with Gasteiger partial charge in [-0.2, -0.15) is 0 Å². The van der Waals surface area contributed by atoms with Gasteiger partial charge in [0.05, 0.1) is 17.6 Å². The fourth-order valence-corrected chi connectivity index (χ4v) is 4.40. The number of aliphatic hydroxyl groups is 2. The van der Waals surface area contributed by atoms with Crippen molar-refractivity contribution in [1.29, 1.82) is 0 Å². The Labute approximate surface area is 189 Å². The van der Waals surface area contributed by atoms with E-state index in [1.54, 1.807) is 21.0 Å². The van der Waals surface area contributed by atoms with E-state index in [-0.39, 0.29) is 30.7 Å². The van der Waals surface area contributed by atoms with Crippen molar-refractivity contribution in [3.63, 3.8) is 0 Å². The van der Waals surface area contributed by atoms with Crippen LogP contribution >= 0.6 is 0 Å². The number of methoxy groups -OCH3 is 1. The highest BCUT2D eigenvalue weighted by Gasteiger charge is 2.40. The van der Waals surface area contributed by atoms with Gasteiger partial charge in [-0.3, -0.25) is 4.79 Å². The van der Waals surface area contributed by atoms with Crippen LogP contribution in [0.15, 0.2) is 24.3 Å². The Bertz CT molecular complexity index is 540. The lowest BCUT2D eigenvalue weighted by Gasteiger charge is -2.21. The highest BCUT2D eigenvalue weighted by atomic mass is 16.5. The summed E-state index contributed by atoms with van der Waals surface area (Å²) in [5, 5.41) is 28.5. The van der Waals surface area contributed by atoms with Gasteiger partial charge in [-0.15, -0.1) is 0 Å². The van der Waals surface area contributed by atoms with E-state index in [0.29, 0.717) is 12.8 Å². The summed E-state index contributed by atoms with van der Waals surface area (Å²) in [7, 11) is 1.73. The molecule has 0 spiro atoms. The van der Waals surface area contributed by atoms with Crippen molar-refractivity contribution >= 4 is 5.97 Å². The molecule has 0 bridgehead atoms. The average Bonchev–Trinajstić information content (AvgIpc) is 3.03. The summed E-state index contributed by atoms with van der Waals surface area (Å²) in [6.07, 6.45) is 20.3. The van der Waals surface area contributed by atoms with Crippen molar-refractivity contribution in [1.82, 2.24) is 0 Å². The number of carboxylic acid groups (broad SMARTS) is 1. The predicted octanol–water partition coefficient (Wildman–Crippen LogP) is 5.51. The van der Waals surface area contributed by atoms with Crippen LogP contribution in [0, 0.1) is 17.3 Å². The van der Waals surface area contributed by atoms with Crippen molar-refractivity contribution in [2.75, 3.05) is 13.7 Å². The van der Waals surface area contributed by atoms with Crippen LogP contribution in [0.3, 0.4) is 0 Å². The van der Waals surface area contributed by atoms with Crippen LogP contribution in [0.4, 0.5) is 0 Å². The molecular formula is C26H46O5. The number of carbonyl (C=O) groups is 1. The first-order valence-corrected chi connectivity index (χ1v) is 12.2. The maximum absolute atomic E-state index is 11.1. The minimum Gasteiger partial charge on any atom is -0.481 e. The first-order valence-electron chi connectivity index (χ1n) is 12.2. The Morgan fingerprint density at radius 2 is 1.65 bits per heavy atom. The third-order valence-electron chi connectivity index (χ3n) is 6.66. The van der Waals surface area contributed by atoms with Crippen molar-refractivity contribution in [2.45, 2.75) is 103 Å². The molecule has 1 aliphatic carbocycles. The zero-order valence-electron chi connectivity index (χ0n) is 20.0. The summed E-state index contributed by atoms with van der Waals surface area (Å²) in [6, 6.07) is 0. The fraction of sp³-hybridized carbons (Fsp3) is 0.808. The standard InChI is InChI=1S/C26H46O5/c1-26(2,25(29)30)18-14-10-6-4-8-12-16-21-22(24(31-3)20-23(21)28)17-13-9-5-7-11-15-19-27/h8,12-13,17,21-24,27-28H,4-7,9-11,14-16,18-20H2,1-3H3,(H,29,30)/b12-8-,17-13+/t21?,22-,23+,24-/m0/s1. The predicted molar refractivity (Wildman–Crippen MR) is 126 cm³/mol. The second-order valence-corrected chi connectivity index (χ2v) is 9.67. The van der Waals surface area contributed by atoms with E-state index in [1.807, 2.05) is 0 Å². The maximum Gasteiger partial charge on any atom is 0.309 e. The van der Waals surface area contributed by atoms with Gasteiger partial charge >= 0.3 is 5.97 Å². The van der Waals surface area contributed by atoms with Crippen LogP contribution in [-0.4, -0.2) is 47.2 Å². The second-order valence-electron chi connectivity index (χ2n) is 9.67. The summed E-state index contributed by atoms with van der Waals surface area (Å²) in [5.41, 5.74) is -0.631. The Morgan fingerprint density at radius 3 is 2.29 bits per heavy atom. The molecule has 0 heterocycles. The van der Waals surface area contributed by atoms with Gasteiger partial charge in [0.2, 0.25) is 0 Å². The molecule has 0 aromatic heterocycles. The number of unbranched alkanes of at least 4 members (excludes halogenated alkanes) is 7. The summed E-state index contributed by atoms with van der Waals surface area (Å²) in [6.45, 7) is 3.86. The number of rotatable bonds is 17. The van der Waals surface area contributed by atoms with Gasteiger partial charge in [-0.05, 0) is 64.7 Å². The normalized spacial score (nSPS) is 24.5. The Balaban J connectivity index is 2.35.